The first-order valence-corrected chi connectivity index (χ1v) is 18.8. The molecule has 2 aliphatic heterocycles. The van der Waals surface area contributed by atoms with Gasteiger partial charge in [-0.1, -0.05) is 56.2 Å². The molecule has 2 heterocycles. The number of hydrogen-bond acceptors (Lipinski definition) is 5. The maximum Gasteiger partial charge on any atom is 0.255 e. The van der Waals surface area contributed by atoms with Crippen LogP contribution in [-0.4, -0.2) is 93.2 Å². The summed E-state index contributed by atoms with van der Waals surface area (Å²) in [5.74, 6) is 5.02. The molecule has 7 nitrogen and oxygen atoms in total. The van der Waals surface area contributed by atoms with Gasteiger partial charge < -0.3 is 20.0 Å². The lowest BCUT2D eigenvalue weighted by Gasteiger charge is -2.63. The summed E-state index contributed by atoms with van der Waals surface area (Å²) in [5, 5.41) is 25.0. The van der Waals surface area contributed by atoms with Gasteiger partial charge in [0, 0.05) is 49.7 Å². The standard InChI is InChI=1S/C41H53N3O4/c1-4-41(48)19-17-33-31-15-14-28-25-36(45)35(26-39(28,2)32(31)16-18-40(33,41)3)42-21-23-43(24-22-42)38(47)34-13-8-20-44(34)37(46)30-12-7-10-27-9-5-6-11-29(27)30/h1,5-7,9-12,28,31-36,45,48H,8,13-26H2,2-3H3/t28?,31?,32?,33?,34-,35-,36-,39-,40?,41-/m0/s1. The van der Waals surface area contributed by atoms with Crippen LogP contribution in [0.2, 0.25) is 0 Å². The molecule has 2 aromatic carbocycles. The molecule has 0 radical (unpaired) electrons. The first kappa shape index (κ1) is 32.3. The summed E-state index contributed by atoms with van der Waals surface area (Å²) in [6.45, 7) is 8.15. The Morgan fingerprint density at radius 2 is 1.65 bits per heavy atom. The molecular weight excluding hydrogens is 598 g/mol. The molecule has 7 heteroatoms. The van der Waals surface area contributed by atoms with Crippen LogP contribution < -0.4 is 0 Å². The van der Waals surface area contributed by atoms with Crippen LogP contribution in [0.3, 0.4) is 0 Å². The number of carbonyl (C=O) groups is 2. The topological polar surface area (TPSA) is 84.3 Å². The minimum absolute atomic E-state index is 0.0511. The molecule has 2 amide bonds. The first-order chi connectivity index (χ1) is 23.1. The zero-order valence-electron chi connectivity index (χ0n) is 28.8. The average molecular weight is 652 g/mol. The van der Waals surface area contributed by atoms with Crippen molar-refractivity contribution in [3.05, 3.63) is 48.0 Å². The molecule has 0 bridgehead atoms. The molecule has 48 heavy (non-hydrogen) atoms. The van der Waals surface area contributed by atoms with E-state index in [2.05, 4.69) is 24.7 Å². The third-order valence-corrected chi connectivity index (χ3v) is 15.0. The van der Waals surface area contributed by atoms with Crippen LogP contribution in [0, 0.1) is 46.8 Å². The number of aliphatic hydroxyl groups is 2. The van der Waals surface area contributed by atoms with Crippen molar-refractivity contribution in [3.8, 4) is 12.3 Å². The Balaban J connectivity index is 0.935. The Labute approximate surface area is 286 Å². The molecule has 4 saturated carbocycles. The first-order valence-electron chi connectivity index (χ1n) is 18.8. The summed E-state index contributed by atoms with van der Waals surface area (Å²) in [6.07, 6.45) is 15.1. The van der Waals surface area contributed by atoms with E-state index in [9.17, 15) is 19.8 Å². The summed E-state index contributed by atoms with van der Waals surface area (Å²) in [4.78, 5) is 34.0. The van der Waals surface area contributed by atoms with Crippen molar-refractivity contribution in [2.24, 2.45) is 34.5 Å². The van der Waals surface area contributed by atoms with Gasteiger partial charge in [0.2, 0.25) is 5.91 Å². The largest absolute Gasteiger partial charge is 0.391 e. The van der Waals surface area contributed by atoms with E-state index in [1.165, 1.54) is 6.42 Å². The van der Waals surface area contributed by atoms with Gasteiger partial charge in [-0.25, -0.2) is 0 Å². The molecule has 2 N–H and O–H groups in total. The quantitative estimate of drug-likeness (QED) is 0.439. The molecule has 8 rings (SSSR count). The molecule has 0 aromatic heterocycles. The zero-order chi connectivity index (χ0) is 33.4. The van der Waals surface area contributed by atoms with Crippen molar-refractivity contribution in [2.75, 3.05) is 32.7 Å². The number of amides is 2. The molecule has 5 unspecified atom stereocenters. The van der Waals surface area contributed by atoms with E-state index in [4.69, 9.17) is 6.42 Å². The smallest absolute Gasteiger partial charge is 0.255 e. The predicted molar refractivity (Wildman–Crippen MR) is 187 cm³/mol. The van der Waals surface area contributed by atoms with Crippen molar-refractivity contribution < 1.29 is 19.8 Å². The van der Waals surface area contributed by atoms with E-state index in [1.807, 2.05) is 52.3 Å². The van der Waals surface area contributed by atoms with E-state index in [0.29, 0.717) is 61.7 Å². The van der Waals surface area contributed by atoms with E-state index in [-0.39, 0.29) is 34.8 Å². The molecule has 4 aliphatic carbocycles. The van der Waals surface area contributed by atoms with Gasteiger partial charge in [-0.15, -0.1) is 6.42 Å². The molecule has 6 fully saturated rings. The van der Waals surface area contributed by atoms with Crippen LogP contribution >= 0.6 is 0 Å². The lowest BCUT2D eigenvalue weighted by Crippen LogP contribution is -2.63. The van der Waals surface area contributed by atoms with Crippen LogP contribution in [0.5, 0.6) is 0 Å². The molecule has 2 aromatic rings. The van der Waals surface area contributed by atoms with Crippen molar-refractivity contribution in [1.29, 1.82) is 0 Å². The summed E-state index contributed by atoms with van der Waals surface area (Å²) < 4.78 is 0. The summed E-state index contributed by atoms with van der Waals surface area (Å²) >= 11 is 0. The van der Waals surface area contributed by atoms with Gasteiger partial charge in [-0.05, 0) is 110 Å². The molecular formula is C41H53N3O4. The fourth-order valence-electron chi connectivity index (χ4n) is 12.2. The lowest BCUT2D eigenvalue weighted by atomic mass is 9.44. The van der Waals surface area contributed by atoms with Gasteiger partial charge in [0.25, 0.3) is 5.91 Å². The minimum atomic E-state index is -0.985. The second-order valence-electron chi connectivity index (χ2n) is 16.8. The second kappa shape index (κ2) is 11.9. The van der Waals surface area contributed by atoms with Crippen molar-refractivity contribution in [1.82, 2.24) is 14.7 Å². The van der Waals surface area contributed by atoms with Crippen molar-refractivity contribution in [2.45, 2.75) is 102 Å². The molecule has 0 spiro atoms. The van der Waals surface area contributed by atoms with Crippen molar-refractivity contribution >= 4 is 22.6 Å². The van der Waals surface area contributed by atoms with Gasteiger partial charge in [0.1, 0.15) is 11.6 Å². The summed E-state index contributed by atoms with van der Waals surface area (Å²) in [7, 11) is 0. The molecule has 256 valence electrons. The van der Waals surface area contributed by atoms with Crippen LogP contribution in [-0.2, 0) is 4.79 Å². The van der Waals surface area contributed by atoms with E-state index < -0.39 is 11.6 Å². The van der Waals surface area contributed by atoms with Crippen LogP contribution in [0.4, 0.5) is 0 Å². The van der Waals surface area contributed by atoms with Gasteiger partial charge in [-0.3, -0.25) is 14.5 Å². The molecule has 10 atom stereocenters. The van der Waals surface area contributed by atoms with Crippen LogP contribution in [0.1, 0.15) is 88.4 Å². The second-order valence-corrected chi connectivity index (χ2v) is 16.8. The summed E-state index contributed by atoms with van der Waals surface area (Å²) in [6, 6.07) is 13.5. The van der Waals surface area contributed by atoms with Gasteiger partial charge >= 0.3 is 0 Å². The maximum atomic E-state index is 14.0. The number of terminal acetylenes is 1. The number of piperazine rings is 1. The van der Waals surface area contributed by atoms with Gasteiger partial charge in [-0.2, -0.15) is 0 Å². The molecule has 6 aliphatic rings. The predicted octanol–water partition coefficient (Wildman–Crippen LogP) is 5.34. The summed E-state index contributed by atoms with van der Waals surface area (Å²) in [5.41, 5.74) is -0.356. The monoisotopic (exact) mass is 651 g/mol. The third-order valence-electron chi connectivity index (χ3n) is 15.0. The maximum absolute atomic E-state index is 14.0. The number of likely N-dealkylation sites (tertiary alicyclic amines) is 1. The highest BCUT2D eigenvalue weighted by atomic mass is 16.3. The average Bonchev–Trinajstić information content (AvgIpc) is 3.70. The van der Waals surface area contributed by atoms with E-state index >= 15 is 0 Å². The highest BCUT2D eigenvalue weighted by molar-refractivity contribution is 6.08. The number of carbonyl (C=O) groups excluding carboxylic acids is 2. The minimum Gasteiger partial charge on any atom is -0.391 e. The number of benzene rings is 2. The highest BCUT2D eigenvalue weighted by Crippen LogP contribution is 2.68. The molecule has 2 saturated heterocycles. The Morgan fingerprint density at radius 1 is 0.896 bits per heavy atom. The van der Waals surface area contributed by atoms with Gasteiger partial charge in [0.15, 0.2) is 0 Å². The van der Waals surface area contributed by atoms with Gasteiger partial charge in [0.05, 0.1) is 6.10 Å². The number of hydrogen-bond donors (Lipinski definition) is 2. The third kappa shape index (κ3) is 4.80. The Kier molecular flexibility index (Phi) is 7.97. The zero-order valence-corrected chi connectivity index (χ0v) is 28.8. The van der Waals surface area contributed by atoms with Crippen molar-refractivity contribution in [3.63, 3.8) is 0 Å². The Hall–Kier alpha value is -2.92. The number of nitrogens with zero attached hydrogens (tertiary/aromatic N) is 3. The van der Waals surface area contributed by atoms with E-state index in [0.717, 1.165) is 68.8 Å². The number of fused-ring (bicyclic) bond motifs is 6. The Morgan fingerprint density at radius 3 is 2.44 bits per heavy atom. The normalized spacial score (nSPS) is 41.4. The number of rotatable bonds is 3. The Bertz CT molecular complexity index is 1620. The van der Waals surface area contributed by atoms with Crippen LogP contribution in [0.15, 0.2) is 42.5 Å². The van der Waals surface area contributed by atoms with E-state index in [1.54, 1.807) is 0 Å². The lowest BCUT2D eigenvalue weighted by molar-refractivity contribution is -0.163. The fourth-order valence-corrected chi connectivity index (χ4v) is 12.2. The van der Waals surface area contributed by atoms with Crippen LogP contribution in [0.25, 0.3) is 10.8 Å². The SMILES string of the molecule is C#C[C@]1(O)CCC2C3CCC4C[C@H](O)[C@@H](N5CCN(C(=O)[C@@H]6CCCN6C(=O)c6cccc7ccccc67)CC5)C[C@]4(C)C3CCC21C. The highest BCUT2D eigenvalue weighted by Gasteiger charge is 2.65. The fraction of sp³-hybridized carbons (Fsp3) is 0.659. The number of aliphatic hydroxyl groups excluding tert-OH is 1.